The number of methoxy groups -OCH3 is 1. The second-order valence-electron chi connectivity index (χ2n) is 4.72. The van der Waals surface area contributed by atoms with E-state index in [2.05, 4.69) is 15.9 Å². The number of ether oxygens (including phenoxy) is 1. The molecular weight excluding hydrogens is 346 g/mol. The lowest BCUT2D eigenvalue weighted by molar-refractivity contribution is -0.150. The SMILES string of the molecule is COC(=O)C1CCC(=O)N1C(C)c1cc(Cl)ccc1Br. The third-order valence-electron chi connectivity index (χ3n) is 3.55. The van der Waals surface area contributed by atoms with Gasteiger partial charge in [-0.2, -0.15) is 0 Å². The van der Waals surface area contributed by atoms with Gasteiger partial charge < -0.3 is 9.64 Å². The maximum absolute atomic E-state index is 12.1. The number of carbonyl (C=O) groups is 2. The number of benzene rings is 1. The van der Waals surface area contributed by atoms with Gasteiger partial charge in [0.2, 0.25) is 5.91 Å². The molecular formula is C14H15BrClNO3. The van der Waals surface area contributed by atoms with Gasteiger partial charge in [-0.25, -0.2) is 4.79 Å². The van der Waals surface area contributed by atoms with E-state index in [0.29, 0.717) is 17.9 Å². The van der Waals surface area contributed by atoms with Crippen molar-refractivity contribution in [2.45, 2.75) is 31.8 Å². The van der Waals surface area contributed by atoms with Crippen molar-refractivity contribution in [2.24, 2.45) is 0 Å². The summed E-state index contributed by atoms with van der Waals surface area (Å²) in [6, 6.07) is 4.64. The van der Waals surface area contributed by atoms with Crippen LogP contribution in [0.5, 0.6) is 0 Å². The van der Waals surface area contributed by atoms with E-state index in [4.69, 9.17) is 16.3 Å². The van der Waals surface area contributed by atoms with Crippen molar-refractivity contribution in [3.05, 3.63) is 33.3 Å². The summed E-state index contributed by atoms with van der Waals surface area (Å²) in [6.07, 6.45) is 0.857. The third-order valence-corrected chi connectivity index (χ3v) is 4.51. The van der Waals surface area contributed by atoms with E-state index in [1.54, 1.807) is 17.0 Å². The number of amides is 1. The maximum atomic E-state index is 12.1. The molecule has 2 rings (SSSR count). The van der Waals surface area contributed by atoms with Crippen molar-refractivity contribution >= 4 is 39.4 Å². The first-order valence-corrected chi connectivity index (χ1v) is 7.46. The number of carbonyl (C=O) groups excluding carboxylic acids is 2. The standard InChI is InChI=1S/C14H15BrClNO3/c1-8(10-7-9(16)3-4-11(10)15)17-12(14(19)20-2)5-6-13(17)18/h3-4,7-8,12H,5-6H2,1-2H3. The summed E-state index contributed by atoms with van der Waals surface area (Å²) in [5.41, 5.74) is 0.877. The van der Waals surface area contributed by atoms with Gasteiger partial charge in [-0.1, -0.05) is 27.5 Å². The number of esters is 1. The average molecular weight is 361 g/mol. The van der Waals surface area contributed by atoms with Crippen LogP contribution in [0, 0.1) is 0 Å². The monoisotopic (exact) mass is 359 g/mol. The summed E-state index contributed by atoms with van der Waals surface area (Å²) in [6.45, 7) is 1.88. The summed E-state index contributed by atoms with van der Waals surface area (Å²) in [5.74, 6) is -0.416. The minimum atomic E-state index is -0.520. The first kappa shape index (κ1) is 15.3. The van der Waals surface area contributed by atoms with E-state index in [1.807, 2.05) is 13.0 Å². The molecule has 1 saturated heterocycles. The van der Waals surface area contributed by atoms with E-state index in [9.17, 15) is 9.59 Å². The van der Waals surface area contributed by atoms with Crippen LogP contribution in [-0.4, -0.2) is 29.9 Å². The highest BCUT2D eigenvalue weighted by Crippen LogP contribution is 2.35. The average Bonchev–Trinajstić information content (AvgIpc) is 2.81. The molecule has 1 amide bonds. The van der Waals surface area contributed by atoms with Gasteiger partial charge in [-0.3, -0.25) is 4.79 Å². The van der Waals surface area contributed by atoms with Gasteiger partial charge in [0.15, 0.2) is 0 Å². The number of halogens is 2. The van der Waals surface area contributed by atoms with Crippen LogP contribution < -0.4 is 0 Å². The van der Waals surface area contributed by atoms with Crippen molar-refractivity contribution in [2.75, 3.05) is 7.11 Å². The lowest BCUT2D eigenvalue weighted by Crippen LogP contribution is -2.41. The molecule has 1 aromatic rings. The van der Waals surface area contributed by atoms with Crippen LogP contribution in [0.25, 0.3) is 0 Å². The Kier molecular flexibility index (Phi) is 4.70. The first-order chi connectivity index (χ1) is 9.45. The van der Waals surface area contributed by atoms with Gasteiger partial charge in [0.05, 0.1) is 13.2 Å². The number of likely N-dealkylation sites (tertiary alicyclic amines) is 1. The van der Waals surface area contributed by atoms with Crippen LogP contribution in [0.1, 0.15) is 31.4 Å². The fraction of sp³-hybridized carbons (Fsp3) is 0.429. The molecule has 1 heterocycles. The fourth-order valence-electron chi connectivity index (χ4n) is 2.54. The molecule has 2 unspecified atom stereocenters. The molecule has 4 nitrogen and oxygen atoms in total. The van der Waals surface area contributed by atoms with Crippen LogP contribution in [0.15, 0.2) is 22.7 Å². The zero-order valence-corrected chi connectivity index (χ0v) is 13.6. The summed E-state index contributed by atoms with van der Waals surface area (Å²) in [5, 5.41) is 0.594. The fourth-order valence-corrected chi connectivity index (χ4v) is 3.30. The van der Waals surface area contributed by atoms with E-state index in [0.717, 1.165) is 10.0 Å². The van der Waals surface area contributed by atoms with Gasteiger partial charge in [0, 0.05) is 15.9 Å². The Morgan fingerprint density at radius 3 is 2.90 bits per heavy atom. The second kappa shape index (κ2) is 6.14. The molecule has 0 aromatic heterocycles. The van der Waals surface area contributed by atoms with Crippen LogP contribution >= 0.6 is 27.5 Å². The van der Waals surface area contributed by atoms with Crippen LogP contribution in [-0.2, 0) is 14.3 Å². The predicted molar refractivity (Wildman–Crippen MR) is 79.5 cm³/mol. The van der Waals surface area contributed by atoms with Gasteiger partial charge >= 0.3 is 5.97 Å². The maximum Gasteiger partial charge on any atom is 0.328 e. The van der Waals surface area contributed by atoms with E-state index >= 15 is 0 Å². The van der Waals surface area contributed by atoms with Gasteiger partial charge in [0.1, 0.15) is 6.04 Å². The Hall–Kier alpha value is -1.07. The van der Waals surface area contributed by atoms with Gasteiger partial charge in [-0.05, 0) is 37.1 Å². The predicted octanol–water partition coefficient (Wildman–Crippen LogP) is 3.33. The topological polar surface area (TPSA) is 46.6 Å². The Morgan fingerprint density at radius 2 is 2.25 bits per heavy atom. The number of hydrogen-bond acceptors (Lipinski definition) is 3. The summed E-state index contributed by atoms with van der Waals surface area (Å²) in [4.78, 5) is 25.5. The van der Waals surface area contributed by atoms with E-state index in [-0.39, 0.29) is 17.9 Å². The summed E-state index contributed by atoms with van der Waals surface area (Å²) in [7, 11) is 1.34. The van der Waals surface area contributed by atoms with Crippen LogP contribution in [0.4, 0.5) is 0 Å². The van der Waals surface area contributed by atoms with Crippen LogP contribution in [0.2, 0.25) is 5.02 Å². The Balaban J connectivity index is 2.34. The largest absolute Gasteiger partial charge is 0.467 e. The second-order valence-corrected chi connectivity index (χ2v) is 6.01. The lowest BCUT2D eigenvalue weighted by Gasteiger charge is -2.30. The van der Waals surface area contributed by atoms with E-state index in [1.165, 1.54) is 7.11 Å². The van der Waals surface area contributed by atoms with Crippen LogP contribution in [0.3, 0.4) is 0 Å². The lowest BCUT2D eigenvalue weighted by atomic mass is 10.1. The zero-order chi connectivity index (χ0) is 14.9. The molecule has 0 radical (unpaired) electrons. The molecule has 20 heavy (non-hydrogen) atoms. The number of rotatable bonds is 3. The van der Waals surface area contributed by atoms with Gasteiger partial charge in [0.25, 0.3) is 0 Å². The molecule has 0 N–H and O–H groups in total. The molecule has 108 valence electrons. The zero-order valence-electron chi connectivity index (χ0n) is 11.2. The van der Waals surface area contributed by atoms with E-state index < -0.39 is 6.04 Å². The van der Waals surface area contributed by atoms with Crippen molar-refractivity contribution in [1.29, 1.82) is 0 Å². The summed E-state index contributed by atoms with van der Waals surface area (Å²) >= 11 is 9.47. The normalized spacial score (nSPS) is 20.1. The highest BCUT2D eigenvalue weighted by Gasteiger charge is 2.40. The van der Waals surface area contributed by atoms with Crippen molar-refractivity contribution in [3.8, 4) is 0 Å². The minimum absolute atomic E-state index is 0.0419. The Morgan fingerprint density at radius 1 is 1.55 bits per heavy atom. The molecule has 0 spiro atoms. The molecule has 0 bridgehead atoms. The minimum Gasteiger partial charge on any atom is -0.467 e. The molecule has 0 saturated carbocycles. The highest BCUT2D eigenvalue weighted by molar-refractivity contribution is 9.10. The molecule has 6 heteroatoms. The number of nitrogens with zero attached hydrogens (tertiary/aromatic N) is 1. The van der Waals surface area contributed by atoms with Crippen molar-refractivity contribution < 1.29 is 14.3 Å². The number of hydrogen-bond donors (Lipinski definition) is 0. The Bertz CT molecular complexity index is 549. The molecule has 1 aromatic carbocycles. The van der Waals surface area contributed by atoms with Crippen molar-refractivity contribution in [1.82, 2.24) is 4.90 Å². The molecule has 2 atom stereocenters. The van der Waals surface area contributed by atoms with Crippen molar-refractivity contribution in [3.63, 3.8) is 0 Å². The molecule has 1 fully saturated rings. The highest BCUT2D eigenvalue weighted by atomic mass is 79.9. The molecule has 1 aliphatic heterocycles. The Labute approximate surface area is 131 Å². The molecule has 1 aliphatic rings. The quantitative estimate of drug-likeness (QED) is 0.777. The van der Waals surface area contributed by atoms with Gasteiger partial charge in [-0.15, -0.1) is 0 Å². The first-order valence-electron chi connectivity index (χ1n) is 6.29. The summed E-state index contributed by atoms with van der Waals surface area (Å²) < 4.78 is 5.64. The molecule has 0 aliphatic carbocycles. The smallest absolute Gasteiger partial charge is 0.328 e. The third kappa shape index (κ3) is 2.83.